The SMILES string of the molecule is C=CCOc1ccc(C(=O)OCC(=O)NCc2ccccc2)cc1OC. The minimum Gasteiger partial charge on any atom is -0.493 e. The molecule has 0 saturated carbocycles. The van der Waals surface area contributed by atoms with Gasteiger partial charge in [0.1, 0.15) is 6.61 Å². The molecule has 0 atom stereocenters. The Kier molecular flexibility index (Phi) is 7.24. The van der Waals surface area contributed by atoms with Crippen molar-refractivity contribution in [3.8, 4) is 11.5 Å². The number of hydrogen-bond donors (Lipinski definition) is 1. The van der Waals surface area contributed by atoms with E-state index in [4.69, 9.17) is 14.2 Å². The van der Waals surface area contributed by atoms with Gasteiger partial charge in [-0.1, -0.05) is 43.0 Å². The quantitative estimate of drug-likeness (QED) is 0.553. The van der Waals surface area contributed by atoms with Gasteiger partial charge >= 0.3 is 5.97 Å². The molecular weight excluding hydrogens is 334 g/mol. The molecule has 26 heavy (non-hydrogen) atoms. The van der Waals surface area contributed by atoms with Gasteiger partial charge in [-0.3, -0.25) is 4.79 Å². The third-order valence-electron chi connectivity index (χ3n) is 3.42. The van der Waals surface area contributed by atoms with Gasteiger partial charge in [-0.25, -0.2) is 4.79 Å². The molecule has 0 fully saturated rings. The van der Waals surface area contributed by atoms with Gasteiger partial charge in [0.2, 0.25) is 0 Å². The summed E-state index contributed by atoms with van der Waals surface area (Å²) in [6.07, 6.45) is 1.61. The van der Waals surface area contributed by atoms with Crippen LogP contribution in [0.5, 0.6) is 11.5 Å². The molecule has 0 heterocycles. The minimum atomic E-state index is -0.617. The van der Waals surface area contributed by atoms with E-state index < -0.39 is 5.97 Å². The Morgan fingerprint density at radius 3 is 2.58 bits per heavy atom. The third-order valence-corrected chi connectivity index (χ3v) is 3.42. The van der Waals surface area contributed by atoms with Crippen LogP contribution in [0, 0.1) is 0 Å². The average Bonchev–Trinajstić information content (AvgIpc) is 2.69. The lowest BCUT2D eigenvalue weighted by Crippen LogP contribution is -2.28. The Bertz CT molecular complexity index is 758. The van der Waals surface area contributed by atoms with Crippen LogP contribution in [0.15, 0.2) is 61.2 Å². The lowest BCUT2D eigenvalue weighted by atomic mass is 10.2. The monoisotopic (exact) mass is 355 g/mol. The molecule has 0 aliphatic heterocycles. The predicted octanol–water partition coefficient (Wildman–Crippen LogP) is 2.73. The summed E-state index contributed by atoms with van der Waals surface area (Å²) in [5.74, 6) is -0.104. The first-order valence-electron chi connectivity index (χ1n) is 8.03. The van der Waals surface area contributed by atoms with Crippen LogP contribution in [-0.4, -0.2) is 32.2 Å². The van der Waals surface area contributed by atoms with Crippen molar-refractivity contribution in [2.45, 2.75) is 6.54 Å². The molecule has 2 aromatic carbocycles. The fourth-order valence-corrected chi connectivity index (χ4v) is 2.12. The van der Waals surface area contributed by atoms with Crippen molar-refractivity contribution in [3.63, 3.8) is 0 Å². The van der Waals surface area contributed by atoms with Gasteiger partial charge in [0.15, 0.2) is 18.1 Å². The zero-order valence-electron chi connectivity index (χ0n) is 14.6. The van der Waals surface area contributed by atoms with Crippen molar-refractivity contribution in [2.24, 2.45) is 0 Å². The summed E-state index contributed by atoms with van der Waals surface area (Å²) in [6.45, 7) is 3.91. The highest BCUT2D eigenvalue weighted by Crippen LogP contribution is 2.28. The number of amides is 1. The van der Waals surface area contributed by atoms with E-state index in [-0.39, 0.29) is 18.1 Å². The van der Waals surface area contributed by atoms with E-state index in [0.29, 0.717) is 24.7 Å². The number of carbonyl (C=O) groups excluding carboxylic acids is 2. The number of ether oxygens (including phenoxy) is 3. The smallest absolute Gasteiger partial charge is 0.338 e. The number of methoxy groups -OCH3 is 1. The molecule has 0 aliphatic rings. The highest BCUT2D eigenvalue weighted by molar-refractivity contribution is 5.92. The summed E-state index contributed by atoms with van der Waals surface area (Å²) in [6, 6.07) is 14.1. The molecular formula is C20H21NO5. The molecule has 2 rings (SSSR count). The number of benzene rings is 2. The van der Waals surface area contributed by atoms with Crippen molar-refractivity contribution in [3.05, 3.63) is 72.3 Å². The second kappa shape index (κ2) is 9.88. The van der Waals surface area contributed by atoms with Gasteiger partial charge in [0, 0.05) is 6.54 Å². The van der Waals surface area contributed by atoms with Gasteiger partial charge in [0.05, 0.1) is 12.7 Å². The zero-order chi connectivity index (χ0) is 18.8. The summed E-state index contributed by atoms with van der Waals surface area (Å²) in [7, 11) is 1.47. The Morgan fingerprint density at radius 1 is 1.12 bits per heavy atom. The van der Waals surface area contributed by atoms with Crippen LogP contribution in [0.25, 0.3) is 0 Å². The molecule has 1 amide bonds. The molecule has 0 aromatic heterocycles. The fourth-order valence-electron chi connectivity index (χ4n) is 2.12. The number of carbonyl (C=O) groups is 2. The molecule has 0 radical (unpaired) electrons. The van der Waals surface area contributed by atoms with Crippen LogP contribution in [-0.2, 0) is 16.1 Å². The average molecular weight is 355 g/mol. The van der Waals surface area contributed by atoms with Crippen molar-refractivity contribution >= 4 is 11.9 Å². The highest BCUT2D eigenvalue weighted by atomic mass is 16.5. The van der Waals surface area contributed by atoms with Crippen molar-refractivity contribution in [1.29, 1.82) is 0 Å². The number of nitrogens with one attached hydrogen (secondary N) is 1. The summed E-state index contributed by atoms with van der Waals surface area (Å²) in [5.41, 5.74) is 1.23. The normalized spacial score (nSPS) is 9.88. The van der Waals surface area contributed by atoms with Gasteiger partial charge in [-0.05, 0) is 23.8 Å². The van der Waals surface area contributed by atoms with E-state index in [9.17, 15) is 9.59 Å². The second-order valence-corrected chi connectivity index (χ2v) is 5.30. The molecule has 0 aliphatic carbocycles. The molecule has 0 spiro atoms. The van der Waals surface area contributed by atoms with Crippen LogP contribution in [0.4, 0.5) is 0 Å². The lowest BCUT2D eigenvalue weighted by Gasteiger charge is -2.11. The van der Waals surface area contributed by atoms with E-state index in [2.05, 4.69) is 11.9 Å². The maximum absolute atomic E-state index is 12.1. The molecule has 6 heteroatoms. The third kappa shape index (κ3) is 5.66. The number of esters is 1. The van der Waals surface area contributed by atoms with Crippen molar-refractivity contribution in [2.75, 3.05) is 20.3 Å². The zero-order valence-corrected chi connectivity index (χ0v) is 14.6. The molecule has 0 bridgehead atoms. The van der Waals surface area contributed by atoms with E-state index in [1.54, 1.807) is 18.2 Å². The van der Waals surface area contributed by atoms with Crippen LogP contribution >= 0.6 is 0 Å². The maximum Gasteiger partial charge on any atom is 0.338 e. The first kappa shape index (κ1) is 19.1. The van der Waals surface area contributed by atoms with Crippen molar-refractivity contribution < 1.29 is 23.8 Å². The van der Waals surface area contributed by atoms with Gasteiger partial charge in [-0.15, -0.1) is 0 Å². The van der Waals surface area contributed by atoms with E-state index in [1.165, 1.54) is 13.2 Å². The second-order valence-electron chi connectivity index (χ2n) is 5.30. The topological polar surface area (TPSA) is 73.9 Å². The number of hydrogen-bond acceptors (Lipinski definition) is 5. The Balaban J connectivity index is 1.86. The Morgan fingerprint density at radius 2 is 1.88 bits per heavy atom. The van der Waals surface area contributed by atoms with Crippen LogP contribution in [0.1, 0.15) is 15.9 Å². The fraction of sp³-hybridized carbons (Fsp3) is 0.200. The predicted molar refractivity (Wildman–Crippen MR) is 97.3 cm³/mol. The summed E-state index contributed by atoms with van der Waals surface area (Å²) in [4.78, 5) is 23.9. The van der Waals surface area contributed by atoms with E-state index in [0.717, 1.165) is 5.56 Å². The minimum absolute atomic E-state index is 0.267. The van der Waals surface area contributed by atoms with Gasteiger partial charge < -0.3 is 19.5 Å². The Hall–Kier alpha value is -3.28. The standard InChI is InChI=1S/C20H21NO5/c1-3-11-25-17-10-9-16(12-18(17)24-2)20(23)26-14-19(22)21-13-15-7-5-4-6-8-15/h3-10,12H,1,11,13-14H2,2H3,(H,21,22). The summed E-state index contributed by atoms with van der Waals surface area (Å²) in [5, 5.41) is 2.69. The molecule has 0 saturated heterocycles. The van der Waals surface area contributed by atoms with Crippen LogP contribution in [0.2, 0.25) is 0 Å². The van der Waals surface area contributed by atoms with E-state index >= 15 is 0 Å². The van der Waals surface area contributed by atoms with Crippen LogP contribution < -0.4 is 14.8 Å². The highest BCUT2D eigenvalue weighted by Gasteiger charge is 2.14. The molecule has 0 unspecified atom stereocenters. The first-order chi connectivity index (χ1) is 12.6. The molecule has 136 valence electrons. The maximum atomic E-state index is 12.1. The van der Waals surface area contributed by atoms with E-state index in [1.807, 2.05) is 30.3 Å². The largest absolute Gasteiger partial charge is 0.493 e. The summed E-state index contributed by atoms with van der Waals surface area (Å²) < 4.78 is 15.7. The summed E-state index contributed by atoms with van der Waals surface area (Å²) >= 11 is 0. The molecule has 2 aromatic rings. The van der Waals surface area contributed by atoms with Crippen LogP contribution in [0.3, 0.4) is 0 Å². The lowest BCUT2D eigenvalue weighted by molar-refractivity contribution is -0.124. The number of rotatable bonds is 9. The molecule has 6 nitrogen and oxygen atoms in total. The van der Waals surface area contributed by atoms with Gasteiger partial charge in [-0.2, -0.15) is 0 Å². The first-order valence-corrected chi connectivity index (χ1v) is 8.03. The Labute approximate surface area is 152 Å². The van der Waals surface area contributed by atoms with Crippen molar-refractivity contribution in [1.82, 2.24) is 5.32 Å². The van der Waals surface area contributed by atoms with Gasteiger partial charge in [0.25, 0.3) is 5.91 Å². The molecule has 1 N–H and O–H groups in total.